The van der Waals surface area contributed by atoms with Crippen molar-refractivity contribution < 1.29 is 4.79 Å². The van der Waals surface area contributed by atoms with Crippen LogP contribution in [-0.4, -0.2) is 33.6 Å². The van der Waals surface area contributed by atoms with E-state index in [1.165, 1.54) is 12.1 Å². The molecule has 0 bridgehead atoms. The molecule has 1 aromatic rings. The summed E-state index contributed by atoms with van der Waals surface area (Å²) in [5.74, 6) is 0. The van der Waals surface area contributed by atoms with Gasteiger partial charge in [0, 0.05) is 13.1 Å². The van der Waals surface area contributed by atoms with Gasteiger partial charge in [-0.15, -0.1) is 0 Å². The van der Waals surface area contributed by atoms with Gasteiger partial charge in [0.2, 0.25) is 0 Å². The molecule has 0 radical (unpaired) electrons. The maximum atomic E-state index is 11.1. The highest BCUT2D eigenvalue weighted by Gasteiger charge is 2.24. The first-order valence-electron chi connectivity index (χ1n) is 6.58. The Labute approximate surface area is 116 Å². The summed E-state index contributed by atoms with van der Waals surface area (Å²) in [6.45, 7) is 6.77. The molecule has 1 aliphatic heterocycles. The van der Waals surface area contributed by atoms with Crippen LogP contribution in [0.3, 0.4) is 0 Å². The number of halogens is 1. The van der Waals surface area contributed by atoms with Crippen LogP contribution < -0.4 is 0 Å². The zero-order chi connectivity index (χ0) is 13.1. The van der Waals surface area contributed by atoms with Gasteiger partial charge < -0.3 is 4.79 Å². The summed E-state index contributed by atoms with van der Waals surface area (Å²) in [6.07, 6.45) is 4.42. The Balaban J connectivity index is 2.19. The molecule has 0 saturated carbocycles. The van der Waals surface area contributed by atoms with E-state index in [2.05, 4.69) is 32.9 Å². The molecule has 1 aromatic heterocycles. The van der Waals surface area contributed by atoms with E-state index in [4.69, 9.17) is 0 Å². The molecule has 2 heterocycles. The van der Waals surface area contributed by atoms with E-state index in [1.54, 1.807) is 0 Å². The van der Waals surface area contributed by atoms with Gasteiger partial charge in [0.05, 0.1) is 21.9 Å². The molecule has 18 heavy (non-hydrogen) atoms. The Bertz CT molecular complexity index is 430. The summed E-state index contributed by atoms with van der Waals surface area (Å²) >= 11 is 3.61. The normalized spacial score (nSPS) is 21.2. The van der Waals surface area contributed by atoms with Crippen molar-refractivity contribution in [1.82, 2.24) is 14.7 Å². The van der Waals surface area contributed by atoms with Gasteiger partial charge in [-0.25, -0.2) is 0 Å². The molecular formula is C13H20BrN3O. The summed E-state index contributed by atoms with van der Waals surface area (Å²) < 4.78 is 3.11. The van der Waals surface area contributed by atoms with E-state index in [-0.39, 0.29) is 6.04 Å². The summed E-state index contributed by atoms with van der Waals surface area (Å²) in [7, 11) is 0. The van der Waals surface area contributed by atoms with Crippen molar-refractivity contribution in [3.05, 3.63) is 15.9 Å². The monoisotopic (exact) mass is 313 g/mol. The van der Waals surface area contributed by atoms with E-state index in [1.807, 2.05) is 11.6 Å². The molecule has 2 rings (SSSR count). The lowest BCUT2D eigenvalue weighted by Gasteiger charge is -2.32. The first kappa shape index (κ1) is 13.7. The zero-order valence-electron chi connectivity index (χ0n) is 11.0. The van der Waals surface area contributed by atoms with E-state index in [9.17, 15) is 4.79 Å². The molecule has 100 valence electrons. The fraction of sp³-hybridized carbons (Fsp3) is 0.692. The number of hydrogen-bond acceptors (Lipinski definition) is 3. The molecule has 1 atom stereocenters. The van der Waals surface area contributed by atoms with Crippen molar-refractivity contribution in [2.45, 2.75) is 52.2 Å². The van der Waals surface area contributed by atoms with Gasteiger partial charge in [0.1, 0.15) is 6.29 Å². The fourth-order valence-electron chi connectivity index (χ4n) is 2.58. The van der Waals surface area contributed by atoms with Crippen LogP contribution in [0.25, 0.3) is 0 Å². The van der Waals surface area contributed by atoms with Gasteiger partial charge in [-0.2, -0.15) is 5.10 Å². The number of aldehydes is 1. The van der Waals surface area contributed by atoms with Gasteiger partial charge in [0.25, 0.3) is 0 Å². The van der Waals surface area contributed by atoms with Crippen molar-refractivity contribution in [2.75, 3.05) is 6.54 Å². The number of nitrogens with zero attached hydrogens (tertiary/aromatic N) is 3. The van der Waals surface area contributed by atoms with Gasteiger partial charge in [-0.3, -0.25) is 9.58 Å². The Morgan fingerprint density at radius 2 is 2.28 bits per heavy atom. The topological polar surface area (TPSA) is 38.1 Å². The number of likely N-dealkylation sites (tertiary alicyclic amines) is 1. The first-order chi connectivity index (χ1) is 8.67. The Kier molecular flexibility index (Phi) is 4.56. The number of aryl methyl sites for hydroxylation is 2. The molecule has 4 nitrogen and oxygen atoms in total. The number of carbonyl (C=O) groups excluding carboxylic acids is 1. The van der Waals surface area contributed by atoms with Crippen molar-refractivity contribution in [2.24, 2.45) is 0 Å². The maximum absolute atomic E-state index is 11.1. The van der Waals surface area contributed by atoms with Gasteiger partial charge in [-0.05, 0) is 49.2 Å². The molecule has 1 unspecified atom stereocenters. The van der Waals surface area contributed by atoms with Gasteiger partial charge >= 0.3 is 0 Å². The predicted molar refractivity (Wildman–Crippen MR) is 74.5 cm³/mol. The molecule has 0 N–H and O–H groups in total. The lowest BCUT2D eigenvalue weighted by Crippen LogP contribution is -2.40. The van der Waals surface area contributed by atoms with Crippen molar-refractivity contribution in [3.8, 4) is 0 Å². The Morgan fingerprint density at radius 3 is 2.94 bits per heavy atom. The van der Waals surface area contributed by atoms with Crippen LogP contribution in [-0.2, 0) is 17.9 Å². The van der Waals surface area contributed by atoms with Crippen molar-refractivity contribution in [1.29, 1.82) is 0 Å². The minimum atomic E-state index is 0.0752. The highest BCUT2D eigenvalue weighted by atomic mass is 79.9. The van der Waals surface area contributed by atoms with Crippen LogP contribution in [0.1, 0.15) is 37.6 Å². The zero-order valence-corrected chi connectivity index (χ0v) is 12.6. The second-order valence-corrected chi connectivity index (χ2v) is 5.62. The molecule has 1 aliphatic rings. The smallest absolute Gasteiger partial charge is 0.137 e. The van der Waals surface area contributed by atoms with Crippen LogP contribution in [0.2, 0.25) is 0 Å². The second-order valence-electron chi connectivity index (χ2n) is 4.83. The third-order valence-electron chi connectivity index (χ3n) is 3.63. The molecule has 1 saturated heterocycles. The van der Waals surface area contributed by atoms with Crippen LogP contribution in [0.15, 0.2) is 4.47 Å². The van der Waals surface area contributed by atoms with E-state index >= 15 is 0 Å². The maximum Gasteiger partial charge on any atom is 0.137 e. The van der Waals surface area contributed by atoms with Gasteiger partial charge in [0.15, 0.2) is 0 Å². The standard InChI is InChI=1S/C13H20BrN3O/c1-3-17-12(13(14)10(2)15-17)8-16-7-5-4-6-11(16)9-18/h9,11H,3-8H2,1-2H3. The quantitative estimate of drug-likeness (QED) is 0.802. The lowest BCUT2D eigenvalue weighted by molar-refractivity contribution is -0.113. The van der Waals surface area contributed by atoms with E-state index in [0.717, 1.165) is 48.9 Å². The number of rotatable bonds is 4. The average Bonchev–Trinajstić information content (AvgIpc) is 2.67. The third-order valence-corrected chi connectivity index (χ3v) is 4.66. The third kappa shape index (κ3) is 2.67. The molecule has 0 aromatic carbocycles. The lowest BCUT2D eigenvalue weighted by atomic mass is 10.0. The molecule has 0 aliphatic carbocycles. The van der Waals surface area contributed by atoms with E-state index in [0.29, 0.717) is 0 Å². The Hall–Kier alpha value is -0.680. The summed E-state index contributed by atoms with van der Waals surface area (Å²) in [4.78, 5) is 13.4. The molecule has 1 fully saturated rings. The SMILES string of the molecule is CCn1nc(C)c(Br)c1CN1CCCCC1C=O. The minimum Gasteiger partial charge on any atom is -0.302 e. The predicted octanol–water partition coefficient (Wildman–Crippen LogP) is 2.53. The van der Waals surface area contributed by atoms with Crippen molar-refractivity contribution in [3.63, 3.8) is 0 Å². The molecular weight excluding hydrogens is 294 g/mol. The minimum absolute atomic E-state index is 0.0752. The van der Waals surface area contributed by atoms with Crippen molar-refractivity contribution >= 4 is 22.2 Å². The highest BCUT2D eigenvalue weighted by Crippen LogP contribution is 2.25. The summed E-state index contributed by atoms with van der Waals surface area (Å²) in [5, 5.41) is 4.50. The van der Waals surface area contributed by atoms with Crippen LogP contribution in [0.5, 0.6) is 0 Å². The average molecular weight is 314 g/mol. The number of aromatic nitrogens is 2. The molecule has 0 amide bonds. The molecule has 5 heteroatoms. The van der Waals surface area contributed by atoms with Crippen LogP contribution in [0.4, 0.5) is 0 Å². The molecule has 0 spiro atoms. The summed E-state index contributed by atoms with van der Waals surface area (Å²) in [5.41, 5.74) is 2.20. The van der Waals surface area contributed by atoms with Crippen LogP contribution in [0, 0.1) is 6.92 Å². The van der Waals surface area contributed by atoms with Crippen LogP contribution >= 0.6 is 15.9 Å². The number of hydrogen-bond donors (Lipinski definition) is 0. The summed E-state index contributed by atoms with van der Waals surface area (Å²) in [6, 6.07) is 0.0752. The van der Waals surface area contributed by atoms with Gasteiger partial charge in [-0.1, -0.05) is 6.42 Å². The first-order valence-corrected chi connectivity index (χ1v) is 7.37. The largest absolute Gasteiger partial charge is 0.302 e. The highest BCUT2D eigenvalue weighted by molar-refractivity contribution is 9.10. The fourth-order valence-corrected chi connectivity index (χ4v) is 2.99. The Morgan fingerprint density at radius 1 is 1.50 bits per heavy atom. The number of piperidine rings is 1. The second kappa shape index (κ2) is 5.97. The van der Waals surface area contributed by atoms with E-state index < -0.39 is 0 Å². The number of carbonyl (C=O) groups is 1.